The van der Waals surface area contributed by atoms with Gasteiger partial charge in [0.05, 0.1) is 18.8 Å². The van der Waals surface area contributed by atoms with Crippen LogP contribution < -0.4 is 5.32 Å². The van der Waals surface area contributed by atoms with Gasteiger partial charge >= 0.3 is 0 Å². The molecule has 0 aliphatic heterocycles. The van der Waals surface area contributed by atoms with Crippen LogP contribution in [0.2, 0.25) is 0 Å². The van der Waals surface area contributed by atoms with Crippen LogP contribution in [0, 0.1) is 0 Å². The van der Waals surface area contributed by atoms with Crippen molar-refractivity contribution in [3.8, 4) is 0 Å². The van der Waals surface area contributed by atoms with Crippen LogP contribution in [0.25, 0.3) is 0 Å². The minimum absolute atomic E-state index is 0.0898. The van der Waals surface area contributed by atoms with Crippen molar-refractivity contribution in [2.24, 2.45) is 0 Å². The molecular weight excluding hydrogens is 651 g/mol. The quantitative estimate of drug-likeness (QED) is 0.0437. The topological polar surface area (TPSA) is 69.6 Å². The molecule has 0 radical (unpaired) electrons. The van der Waals surface area contributed by atoms with Gasteiger partial charge in [-0.25, -0.2) is 0 Å². The van der Waals surface area contributed by atoms with Crippen LogP contribution >= 0.6 is 0 Å². The summed E-state index contributed by atoms with van der Waals surface area (Å²) in [4.78, 5) is 12.4. The predicted octanol–water partition coefficient (Wildman–Crippen LogP) is 13.8. The molecule has 3 N–H and O–H groups in total. The Morgan fingerprint density at radius 3 is 1.32 bits per heavy atom. The number of amides is 1. The Morgan fingerprint density at radius 1 is 0.472 bits per heavy atom. The zero-order valence-corrected chi connectivity index (χ0v) is 34.5. The van der Waals surface area contributed by atoms with Gasteiger partial charge in [0.15, 0.2) is 0 Å². The molecule has 0 rings (SSSR count). The molecule has 0 saturated heterocycles. The number of hydrogen-bond donors (Lipinski definition) is 3. The number of carbonyl (C=O) groups is 1. The van der Waals surface area contributed by atoms with Gasteiger partial charge < -0.3 is 15.5 Å². The van der Waals surface area contributed by atoms with Crippen molar-refractivity contribution in [1.82, 2.24) is 5.32 Å². The maximum atomic E-state index is 12.4. The second-order valence-electron chi connectivity index (χ2n) is 14.4. The van der Waals surface area contributed by atoms with Gasteiger partial charge in [-0.3, -0.25) is 4.79 Å². The lowest BCUT2D eigenvalue weighted by molar-refractivity contribution is -0.123. The van der Waals surface area contributed by atoms with Gasteiger partial charge in [0.2, 0.25) is 5.91 Å². The normalized spacial score (nSPS) is 14.0. The van der Waals surface area contributed by atoms with Crippen molar-refractivity contribution in [2.45, 2.75) is 199 Å². The molecule has 2 atom stereocenters. The molecule has 0 saturated carbocycles. The molecule has 0 heterocycles. The van der Waals surface area contributed by atoms with Crippen LogP contribution in [0.5, 0.6) is 0 Å². The van der Waals surface area contributed by atoms with Gasteiger partial charge in [-0.1, -0.05) is 188 Å². The Kier molecular flexibility index (Phi) is 41.5. The summed E-state index contributed by atoms with van der Waals surface area (Å²) in [6, 6.07) is -0.654. The first-order valence-electron chi connectivity index (χ1n) is 22.0. The van der Waals surface area contributed by atoms with E-state index in [0.29, 0.717) is 6.42 Å². The maximum absolute atomic E-state index is 12.4. The molecule has 1 amide bonds. The van der Waals surface area contributed by atoms with Crippen molar-refractivity contribution >= 4 is 5.91 Å². The summed E-state index contributed by atoms with van der Waals surface area (Å²) in [6.07, 6.45) is 65.1. The van der Waals surface area contributed by atoms with E-state index in [0.717, 1.165) is 77.0 Å². The average Bonchev–Trinajstić information content (AvgIpc) is 3.16. The van der Waals surface area contributed by atoms with Gasteiger partial charge in [0.1, 0.15) is 0 Å². The van der Waals surface area contributed by atoms with Gasteiger partial charge in [-0.2, -0.15) is 0 Å². The Morgan fingerprint density at radius 2 is 0.849 bits per heavy atom. The maximum Gasteiger partial charge on any atom is 0.220 e. The Balaban J connectivity index is 3.68. The molecule has 0 aromatic rings. The van der Waals surface area contributed by atoms with Gasteiger partial charge in [0.25, 0.3) is 0 Å². The Hall–Kier alpha value is -2.69. The first-order valence-corrected chi connectivity index (χ1v) is 22.0. The SMILES string of the molecule is CC/C=C\C/C=C\C/C=C\C/C=C\C/C=C\CCCCCCCCCCCC(=O)NC(CO)C(O)/C=C/CC/C=C/CC/C=C/CCCCCCCC. The number of unbranched alkanes of at least 4 members (excludes halogenated alkanes) is 17. The summed E-state index contributed by atoms with van der Waals surface area (Å²) in [5.41, 5.74) is 0. The number of rotatable bonds is 38. The largest absolute Gasteiger partial charge is 0.394 e. The van der Waals surface area contributed by atoms with E-state index in [1.165, 1.54) is 89.9 Å². The molecule has 0 aliphatic rings. The summed E-state index contributed by atoms with van der Waals surface area (Å²) >= 11 is 0. The van der Waals surface area contributed by atoms with E-state index in [1.807, 2.05) is 6.08 Å². The first kappa shape index (κ1) is 50.3. The number of allylic oxidation sites excluding steroid dienone is 15. The molecule has 0 bridgehead atoms. The van der Waals surface area contributed by atoms with Crippen molar-refractivity contribution in [3.05, 3.63) is 97.2 Å². The Labute approximate surface area is 328 Å². The lowest BCUT2D eigenvalue weighted by atomic mass is 10.1. The van der Waals surface area contributed by atoms with E-state index < -0.39 is 12.1 Å². The third-order valence-electron chi connectivity index (χ3n) is 9.28. The molecule has 302 valence electrons. The molecule has 0 fully saturated rings. The summed E-state index contributed by atoms with van der Waals surface area (Å²) in [7, 11) is 0. The number of nitrogens with one attached hydrogen (secondary N) is 1. The van der Waals surface area contributed by atoms with E-state index in [2.05, 4.69) is 104 Å². The number of aliphatic hydroxyl groups excluding tert-OH is 2. The smallest absolute Gasteiger partial charge is 0.220 e. The number of aliphatic hydroxyl groups is 2. The molecule has 0 spiro atoms. The second-order valence-corrected chi connectivity index (χ2v) is 14.4. The van der Waals surface area contributed by atoms with Crippen LogP contribution in [0.3, 0.4) is 0 Å². The second kappa shape index (κ2) is 43.7. The van der Waals surface area contributed by atoms with Gasteiger partial charge in [-0.15, -0.1) is 0 Å². The van der Waals surface area contributed by atoms with Crippen molar-refractivity contribution < 1.29 is 15.0 Å². The molecule has 0 aliphatic carbocycles. The van der Waals surface area contributed by atoms with Crippen LogP contribution in [0.15, 0.2) is 97.2 Å². The van der Waals surface area contributed by atoms with E-state index in [-0.39, 0.29) is 12.5 Å². The molecule has 4 heteroatoms. The van der Waals surface area contributed by atoms with Gasteiger partial charge in [-0.05, 0) is 89.9 Å². The van der Waals surface area contributed by atoms with E-state index in [9.17, 15) is 15.0 Å². The van der Waals surface area contributed by atoms with Crippen molar-refractivity contribution in [2.75, 3.05) is 6.61 Å². The monoisotopic (exact) mass is 734 g/mol. The minimum atomic E-state index is -0.878. The average molecular weight is 734 g/mol. The van der Waals surface area contributed by atoms with E-state index in [1.54, 1.807) is 6.08 Å². The summed E-state index contributed by atoms with van der Waals surface area (Å²) in [6.45, 7) is 4.15. The lowest BCUT2D eigenvalue weighted by Gasteiger charge is -2.19. The molecular formula is C49H83NO3. The summed E-state index contributed by atoms with van der Waals surface area (Å²) in [5, 5.41) is 23.0. The third-order valence-corrected chi connectivity index (χ3v) is 9.28. The molecule has 0 aromatic carbocycles. The molecule has 4 nitrogen and oxygen atoms in total. The highest BCUT2D eigenvalue weighted by Gasteiger charge is 2.17. The van der Waals surface area contributed by atoms with Gasteiger partial charge in [0, 0.05) is 6.42 Å². The lowest BCUT2D eigenvalue weighted by Crippen LogP contribution is -2.45. The number of hydrogen-bond acceptors (Lipinski definition) is 3. The highest BCUT2D eigenvalue weighted by Crippen LogP contribution is 2.12. The fraction of sp³-hybridized carbons (Fsp3) is 0.653. The summed E-state index contributed by atoms with van der Waals surface area (Å²) < 4.78 is 0. The van der Waals surface area contributed by atoms with Crippen LogP contribution in [-0.4, -0.2) is 34.9 Å². The number of carbonyl (C=O) groups excluding carboxylic acids is 1. The van der Waals surface area contributed by atoms with Crippen molar-refractivity contribution in [1.29, 1.82) is 0 Å². The standard InChI is InChI=1S/C49H83NO3/c1-3-5-7-9-11-13-15-17-19-21-22-23-24-25-26-27-28-29-31-33-35-37-39-41-43-45-49(53)50-47(46-51)48(52)44-42-40-38-36-34-32-30-20-18-16-14-12-10-8-6-4-2/h5,7,11,13,17-20,22-23,25-26,34,36,42,44,47-48,51-52H,3-4,6,8-10,12,14-16,21,24,27-33,35,37-41,43,45-46H2,1-2H3,(H,50,53)/b7-5-,13-11-,19-17-,20-18+,23-22-,26-25-,36-34+,44-42+. The van der Waals surface area contributed by atoms with Crippen LogP contribution in [-0.2, 0) is 4.79 Å². The fourth-order valence-corrected chi connectivity index (χ4v) is 5.94. The fourth-order valence-electron chi connectivity index (χ4n) is 5.94. The highest BCUT2D eigenvalue weighted by molar-refractivity contribution is 5.76. The third kappa shape index (κ3) is 40.3. The summed E-state index contributed by atoms with van der Waals surface area (Å²) in [5.74, 6) is -0.0898. The van der Waals surface area contributed by atoms with Crippen LogP contribution in [0.4, 0.5) is 0 Å². The highest BCUT2D eigenvalue weighted by atomic mass is 16.3. The first-order chi connectivity index (χ1) is 26.2. The van der Waals surface area contributed by atoms with E-state index >= 15 is 0 Å². The van der Waals surface area contributed by atoms with Crippen LogP contribution in [0.1, 0.15) is 187 Å². The van der Waals surface area contributed by atoms with Crippen molar-refractivity contribution in [3.63, 3.8) is 0 Å². The Bertz CT molecular complexity index is 1010. The molecule has 53 heavy (non-hydrogen) atoms. The molecule has 2 unspecified atom stereocenters. The minimum Gasteiger partial charge on any atom is -0.394 e. The zero-order chi connectivity index (χ0) is 38.6. The van der Waals surface area contributed by atoms with E-state index in [4.69, 9.17) is 0 Å². The molecule has 0 aromatic heterocycles. The predicted molar refractivity (Wildman–Crippen MR) is 234 cm³/mol. The zero-order valence-electron chi connectivity index (χ0n) is 34.5.